The number of ether oxygens (including phenoxy) is 1. The van der Waals surface area contributed by atoms with Crippen molar-refractivity contribution in [3.05, 3.63) is 48.0 Å². The van der Waals surface area contributed by atoms with E-state index in [0.717, 1.165) is 24.2 Å². The second kappa shape index (κ2) is 5.70. The monoisotopic (exact) mass is 349 g/mol. The molecule has 3 aromatic rings. The van der Waals surface area contributed by atoms with Crippen molar-refractivity contribution in [2.75, 3.05) is 11.5 Å². The number of carbonyl (C=O) groups is 2. The molecule has 1 unspecified atom stereocenters. The molecule has 5 rings (SSSR count). The lowest BCUT2D eigenvalue weighted by Crippen LogP contribution is -2.30. The van der Waals surface area contributed by atoms with Gasteiger partial charge in [-0.25, -0.2) is 19.9 Å². The number of hydrogen-bond acceptors (Lipinski definition) is 6. The van der Waals surface area contributed by atoms with Crippen molar-refractivity contribution in [2.24, 2.45) is 0 Å². The SMILES string of the molecule is O=C1c2ccccc2C(=O)N1c1ncnc2c1ncn2C1CCCCO1. The number of nitrogens with zero attached hydrogens (tertiary/aromatic N) is 5. The van der Waals surface area contributed by atoms with Crippen LogP contribution in [-0.4, -0.2) is 37.9 Å². The van der Waals surface area contributed by atoms with Gasteiger partial charge in [0.25, 0.3) is 11.8 Å². The summed E-state index contributed by atoms with van der Waals surface area (Å²) in [4.78, 5) is 39.4. The van der Waals surface area contributed by atoms with E-state index in [4.69, 9.17) is 4.74 Å². The van der Waals surface area contributed by atoms with Gasteiger partial charge in [-0.05, 0) is 31.4 Å². The Bertz CT molecular complexity index is 1000. The summed E-state index contributed by atoms with van der Waals surface area (Å²) in [5.41, 5.74) is 1.72. The maximum Gasteiger partial charge on any atom is 0.267 e. The molecule has 0 aliphatic carbocycles. The normalized spacial score (nSPS) is 20.0. The van der Waals surface area contributed by atoms with Crippen molar-refractivity contribution >= 4 is 28.8 Å². The van der Waals surface area contributed by atoms with Gasteiger partial charge in [-0.3, -0.25) is 14.2 Å². The summed E-state index contributed by atoms with van der Waals surface area (Å²) in [6, 6.07) is 6.75. The van der Waals surface area contributed by atoms with Crippen LogP contribution in [0, 0.1) is 0 Å². The Morgan fingerprint density at radius 1 is 1.00 bits per heavy atom. The van der Waals surface area contributed by atoms with Crippen LogP contribution in [0.5, 0.6) is 0 Å². The molecule has 2 aliphatic heterocycles. The molecule has 26 heavy (non-hydrogen) atoms. The van der Waals surface area contributed by atoms with Crippen LogP contribution in [-0.2, 0) is 4.74 Å². The summed E-state index contributed by atoms with van der Waals surface area (Å²) >= 11 is 0. The van der Waals surface area contributed by atoms with E-state index in [1.807, 2.05) is 4.57 Å². The molecule has 0 saturated carbocycles. The highest BCUT2D eigenvalue weighted by atomic mass is 16.5. The zero-order valence-corrected chi connectivity index (χ0v) is 13.8. The molecule has 1 fully saturated rings. The molecule has 4 heterocycles. The van der Waals surface area contributed by atoms with Gasteiger partial charge >= 0.3 is 0 Å². The quantitative estimate of drug-likeness (QED) is 0.660. The third kappa shape index (κ3) is 2.08. The van der Waals surface area contributed by atoms with Crippen LogP contribution >= 0.6 is 0 Å². The van der Waals surface area contributed by atoms with Crippen molar-refractivity contribution in [3.63, 3.8) is 0 Å². The van der Waals surface area contributed by atoms with Gasteiger partial charge in [0, 0.05) is 6.61 Å². The lowest BCUT2D eigenvalue weighted by molar-refractivity contribution is -0.0298. The van der Waals surface area contributed by atoms with Crippen molar-refractivity contribution in [1.29, 1.82) is 0 Å². The van der Waals surface area contributed by atoms with Gasteiger partial charge in [0.15, 0.2) is 17.0 Å². The van der Waals surface area contributed by atoms with Crippen LogP contribution in [0.1, 0.15) is 46.2 Å². The van der Waals surface area contributed by atoms with Gasteiger partial charge in [-0.2, -0.15) is 0 Å². The molecule has 8 heteroatoms. The fourth-order valence-corrected chi connectivity index (χ4v) is 3.54. The molecule has 1 atom stereocenters. The number of benzene rings is 1. The van der Waals surface area contributed by atoms with E-state index in [2.05, 4.69) is 15.0 Å². The molecule has 0 bridgehead atoms. The molecular formula is C18H15N5O3. The molecule has 1 aromatic carbocycles. The Morgan fingerprint density at radius 2 is 1.77 bits per heavy atom. The van der Waals surface area contributed by atoms with Gasteiger partial charge in [0.1, 0.15) is 12.6 Å². The molecule has 8 nitrogen and oxygen atoms in total. The van der Waals surface area contributed by atoms with Crippen molar-refractivity contribution in [3.8, 4) is 0 Å². The topological polar surface area (TPSA) is 90.2 Å². The highest BCUT2D eigenvalue weighted by Gasteiger charge is 2.38. The second-order valence-electron chi connectivity index (χ2n) is 6.33. The first-order valence-corrected chi connectivity index (χ1v) is 8.52. The average Bonchev–Trinajstić information content (AvgIpc) is 3.23. The number of imide groups is 1. The summed E-state index contributed by atoms with van der Waals surface area (Å²) in [6.45, 7) is 0.695. The number of carbonyl (C=O) groups excluding carboxylic acids is 2. The maximum absolute atomic E-state index is 12.7. The minimum absolute atomic E-state index is 0.140. The van der Waals surface area contributed by atoms with E-state index >= 15 is 0 Å². The number of rotatable bonds is 2. The minimum Gasteiger partial charge on any atom is -0.358 e. The van der Waals surface area contributed by atoms with Gasteiger partial charge in [0.2, 0.25) is 0 Å². The van der Waals surface area contributed by atoms with Gasteiger partial charge in [-0.15, -0.1) is 0 Å². The maximum atomic E-state index is 12.7. The van der Waals surface area contributed by atoms with Crippen LogP contribution in [0.25, 0.3) is 11.2 Å². The summed E-state index contributed by atoms with van der Waals surface area (Å²) in [7, 11) is 0. The first-order chi connectivity index (χ1) is 12.8. The van der Waals surface area contributed by atoms with E-state index in [1.165, 1.54) is 6.33 Å². The fraction of sp³-hybridized carbons (Fsp3) is 0.278. The molecule has 0 radical (unpaired) electrons. The van der Waals surface area contributed by atoms with Crippen LogP contribution in [0.2, 0.25) is 0 Å². The van der Waals surface area contributed by atoms with Crippen molar-refractivity contribution in [2.45, 2.75) is 25.5 Å². The Balaban J connectivity index is 1.62. The third-order valence-electron chi connectivity index (χ3n) is 4.81. The van der Waals surface area contributed by atoms with E-state index < -0.39 is 11.8 Å². The second-order valence-corrected chi connectivity index (χ2v) is 6.33. The highest BCUT2D eigenvalue weighted by molar-refractivity contribution is 6.35. The molecule has 0 spiro atoms. The number of hydrogen-bond donors (Lipinski definition) is 0. The van der Waals surface area contributed by atoms with Crippen LogP contribution < -0.4 is 4.90 Å². The van der Waals surface area contributed by atoms with Crippen molar-refractivity contribution in [1.82, 2.24) is 19.5 Å². The third-order valence-corrected chi connectivity index (χ3v) is 4.81. The van der Waals surface area contributed by atoms with Crippen LogP contribution in [0.15, 0.2) is 36.9 Å². The van der Waals surface area contributed by atoms with Crippen LogP contribution in [0.4, 0.5) is 5.82 Å². The zero-order chi connectivity index (χ0) is 17.7. The molecule has 1 saturated heterocycles. The largest absolute Gasteiger partial charge is 0.358 e. The molecule has 0 N–H and O–H groups in total. The van der Waals surface area contributed by atoms with E-state index in [0.29, 0.717) is 28.9 Å². The summed E-state index contributed by atoms with van der Waals surface area (Å²) in [6.07, 6.45) is 5.83. The first-order valence-electron chi connectivity index (χ1n) is 8.52. The van der Waals surface area contributed by atoms with Crippen molar-refractivity contribution < 1.29 is 14.3 Å². The van der Waals surface area contributed by atoms with Crippen LogP contribution in [0.3, 0.4) is 0 Å². The lowest BCUT2D eigenvalue weighted by atomic mass is 10.1. The number of fused-ring (bicyclic) bond motifs is 2. The smallest absolute Gasteiger partial charge is 0.267 e. The molecule has 130 valence electrons. The molecule has 2 aliphatic rings. The summed E-state index contributed by atoms with van der Waals surface area (Å²) < 4.78 is 7.65. The standard InChI is InChI=1S/C18H15N5O3/c24-17-11-5-1-2-6-12(11)18(25)23(17)16-14-15(19-9-20-16)22(10-21-14)13-7-3-4-8-26-13/h1-2,5-6,9-10,13H,3-4,7-8H2. The number of imidazole rings is 1. The Hall–Kier alpha value is -3.13. The van der Waals surface area contributed by atoms with Gasteiger partial charge in [0.05, 0.1) is 17.5 Å². The highest BCUT2D eigenvalue weighted by Crippen LogP contribution is 2.32. The van der Waals surface area contributed by atoms with Gasteiger partial charge in [-0.1, -0.05) is 12.1 Å². The Morgan fingerprint density at radius 3 is 2.46 bits per heavy atom. The minimum atomic E-state index is -0.394. The molecule has 2 aromatic heterocycles. The predicted molar refractivity (Wildman–Crippen MR) is 91.7 cm³/mol. The Labute approximate surface area is 148 Å². The summed E-state index contributed by atoms with van der Waals surface area (Å²) in [5.74, 6) is -0.584. The zero-order valence-electron chi connectivity index (χ0n) is 13.8. The van der Waals surface area contributed by atoms with E-state index in [9.17, 15) is 9.59 Å². The average molecular weight is 349 g/mol. The number of amides is 2. The van der Waals surface area contributed by atoms with Gasteiger partial charge < -0.3 is 4.74 Å². The Kier molecular flexibility index (Phi) is 3.32. The number of anilines is 1. The molecular weight excluding hydrogens is 334 g/mol. The number of aromatic nitrogens is 4. The van der Waals surface area contributed by atoms with E-state index in [-0.39, 0.29) is 12.0 Å². The van der Waals surface area contributed by atoms with E-state index in [1.54, 1.807) is 30.6 Å². The summed E-state index contributed by atoms with van der Waals surface area (Å²) in [5, 5.41) is 0. The molecule has 2 amide bonds. The lowest BCUT2D eigenvalue weighted by Gasteiger charge is -2.23. The predicted octanol–water partition coefficient (Wildman–Crippen LogP) is 2.33. The fourth-order valence-electron chi connectivity index (χ4n) is 3.54. The first kappa shape index (κ1) is 15.2.